The molecule has 21 N–H and O–H groups in total. The molecule has 1 rings (SSSR count). The predicted octanol–water partition coefficient (Wildman–Crippen LogP) is -7.48. The van der Waals surface area contributed by atoms with Crippen molar-refractivity contribution in [3.8, 4) is 0 Å². The number of carbonyl (C=O) groups excluding carboxylic acids is 7. The van der Waals surface area contributed by atoms with Crippen LogP contribution in [-0.2, 0) is 47.9 Å². The average Bonchev–Trinajstić information content (AvgIpc) is 3.68. The van der Waals surface area contributed by atoms with Gasteiger partial charge in [0.25, 0.3) is 0 Å². The Hall–Kier alpha value is -6.84. The first-order chi connectivity index (χ1) is 29.1. The lowest BCUT2D eigenvalue weighted by Gasteiger charge is -2.30. The van der Waals surface area contributed by atoms with Gasteiger partial charge < -0.3 is 86.3 Å². The second-order valence-corrected chi connectivity index (χ2v) is 14.1. The number of carboxylic acid groups (broad SMARTS) is 3. The first-order valence-electron chi connectivity index (χ1n) is 19.3. The van der Waals surface area contributed by atoms with Gasteiger partial charge in [-0.2, -0.15) is 0 Å². The molecule has 0 unspecified atom stereocenters. The SMILES string of the molecule is NC(=O)C[C@H](NC(=O)[C@H](CCC(=O)O)NC(=O)[C@@H](N)CCC(=O)O)C(=O)N[C@@H](CCCN=C(N)N)C(=O)N[C@@H](CCCN=C(N)N)C(=O)N1CCC[C@H]1C(=O)N[C@@H](CO)C(=O)O. The Labute approximate surface area is 354 Å². The van der Waals surface area contributed by atoms with Gasteiger partial charge in [0.2, 0.25) is 41.4 Å². The van der Waals surface area contributed by atoms with Crippen LogP contribution in [0, 0.1) is 0 Å². The van der Waals surface area contributed by atoms with E-state index in [1.54, 1.807) is 0 Å². The molecular formula is C34H58N14O14. The van der Waals surface area contributed by atoms with Gasteiger partial charge in [-0.15, -0.1) is 0 Å². The van der Waals surface area contributed by atoms with E-state index in [1.165, 1.54) is 0 Å². The second-order valence-electron chi connectivity index (χ2n) is 14.1. The van der Waals surface area contributed by atoms with Crippen LogP contribution in [0.5, 0.6) is 0 Å². The van der Waals surface area contributed by atoms with Crippen LogP contribution in [0.15, 0.2) is 9.98 Å². The lowest BCUT2D eigenvalue weighted by molar-refractivity contribution is -0.146. The highest BCUT2D eigenvalue weighted by Crippen LogP contribution is 2.20. The predicted molar refractivity (Wildman–Crippen MR) is 214 cm³/mol. The summed E-state index contributed by atoms with van der Waals surface area (Å²) in [4.78, 5) is 136. The van der Waals surface area contributed by atoms with Crippen LogP contribution in [0.4, 0.5) is 0 Å². The van der Waals surface area contributed by atoms with Crippen molar-refractivity contribution in [3.63, 3.8) is 0 Å². The normalized spacial score (nSPS) is 16.1. The molecule has 0 aromatic rings. The molecule has 7 amide bonds. The van der Waals surface area contributed by atoms with Gasteiger partial charge in [0, 0.05) is 32.5 Å². The number of aliphatic imine (C=N–C) groups is 2. The summed E-state index contributed by atoms with van der Waals surface area (Å²) in [6.45, 7) is -0.973. The van der Waals surface area contributed by atoms with Crippen LogP contribution in [0.25, 0.3) is 0 Å². The highest BCUT2D eigenvalue weighted by molar-refractivity contribution is 5.98. The van der Waals surface area contributed by atoms with E-state index in [9.17, 15) is 63.3 Å². The Bertz CT molecular complexity index is 1690. The highest BCUT2D eigenvalue weighted by Gasteiger charge is 2.40. The number of amides is 7. The molecule has 0 spiro atoms. The number of rotatable bonds is 29. The summed E-state index contributed by atoms with van der Waals surface area (Å²) in [7, 11) is 0. The van der Waals surface area contributed by atoms with Gasteiger partial charge in [0.1, 0.15) is 36.3 Å². The van der Waals surface area contributed by atoms with Crippen molar-refractivity contribution >= 4 is 71.2 Å². The van der Waals surface area contributed by atoms with Crippen molar-refractivity contribution in [2.24, 2.45) is 44.4 Å². The largest absolute Gasteiger partial charge is 0.481 e. The first-order valence-corrected chi connectivity index (χ1v) is 19.3. The number of nitrogens with zero attached hydrogens (tertiary/aromatic N) is 3. The number of carboxylic acids is 3. The Morgan fingerprint density at radius 2 is 1.08 bits per heavy atom. The van der Waals surface area contributed by atoms with Gasteiger partial charge in [-0.1, -0.05) is 0 Å². The maximum Gasteiger partial charge on any atom is 0.328 e. The first kappa shape index (κ1) is 53.2. The third kappa shape index (κ3) is 19.9. The fraction of sp³-hybridized carbons (Fsp3) is 0.647. The number of primary amides is 1. The van der Waals surface area contributed by atoms with Gasteiger partial charge in [0.15, 0.2) is 11.9 Å². The number of nitrogens with one attached hydrogen (secondary N) is 5. The summed E-state index contributed by atoms with van der Waals surface area (Å²) >= 11 is 0. The molecule has 1 heterocycles. The number of likely N-dealkylation sites (tertiary alicyclic amines) is 1. The fourth-order valence-electron chi connectivity index (χ4n) is 5.94. The lowest BCUT2D eigenvalue weighted by Crippen LogP contribution is -2.60. The van der Waals surface area contributed by atoms with Gasteiger partial charge in [0.05, 0.1) is 19.1 Å². The van der Waals surface area contributed by atoms with Crippen LogP contribution < -0.4 is 61.0 Å². The zero-order valence-corrected chi connectivity index (χ0v) is 33.8. The molecule has 0 aliphatic carbocycles. The molecule has 28 heteroatoms. The van der Waals surface area contributed by atoms with E-state index in [1.807, 2.05) is 0 Å². The van der Waals surface area contributed by atoms with Crippen molar-refractivity contribution in [3.05, 3.63) is 0 Å². The topological polar surface area (TPSA) is 496 Å². The third-order valence-corrected chi connectivity index (χ3v) is 9.10. The van der Waals surface area contributed by atoms with E-state index in [4.69, 9.17) is 39.5 Å². The number of hydrogen-bond donors (Lipinski definition) is 15. The van der Waals surface area contributed by atoms with Crippen LogP contribution in [-0.4, -0.2) is 165 Å². The van der Waals surface area contributed by atoms with Crippen molar-refractivity contribution in [2.45, 2.75) is 113 Å². The van der Waals surface area contributed by atoms with Crippen LogP contribution in [0.3, 0.4) is 0 Å². The fourth-order valence-corrected chi connectivity index (χ4v) is 5.94. The maximum atomic E-state index is 14.0. The quantitative estimate of drug-likeness (QED) is 0.0188. The average molecular weight is 887 g/mol. The van der Waals surface area contributed by atoms with E-state index in [0.717, 1.165) is 4.90 Å². The summed E-state index contributed by atoms with van der Waals surface area (Å²) in [6.07, 6.45) is -2.74. The molecule has 0 saturated carbocycles. The molecule has 0 bridgehead atoms. The molecule has 0 radical (unpaired) electrons. The standard InChI is InChI=1S/C34H58N14O14/c35-16(7-9-24(51)52)26(55)43-18(8-10-25(53)54)28(57)46-20(14-23(36)50)29(58)44-17(4-1-11-41-33(37)38)27(56)45-19(5-2-12-42-34(39)40)31(60)48-13-3-6-22(48)30(59)47-21(15-49)32(61)62/h16-22,49H,1-15,35H2,(H2,36,50)(H,43,55)(H,44,58)(H,45,56)(H,46,57)(H,47,59)(H,51,52)(H,53,54)(H,61,62)(H4,37,38,41)(H4,39,40,42)/t16-,17-,18-,19-,20-,21-,22-/m0/s1. The lowest BCUT2D eigenvalue weighted by atomic mass is 10.0. The van der Waals surface area contributed by atoms with E-state index < -0.39 is 134 Å². The molecule has 348 valence electrons. The molecule has 62 heavy (non-hydrogen) atoms. The Morgan fingerprint density at radius 3 is 1.58 bits per heavy atom. The van der Waals surface area contributed by atoms with Gasteiger partial charge in [-0.3, -0.25) is 53.1 Å². The molecular weight excluding hydrogens is 828 g/mol. The minimum absolute atomic E-state index is 0.00194. The molecule has 1 fully saturated rings. The molecule has 0 aromatic carbocycles. The van der Waals surface area contributed by atoms with E-state index in [0.29, 0.717) is 6.42 Å². The highest BCUT2D eigenvalue weighted by atomic mass is 16.4. The Balaban J connectivity index is 3.48. The number of hydrogen-bond acceptors (Lipinski definition) is 14. The molecule has 28 nitrogen and oxygen atoms in total. The van der Waals surface area contributed by atoms with E-state index >= 15 is 0 Å². The maximum absolute atomic E-state index is 14.0. The molecule has 1 saturated heterocycles. The van der Waals surface area contributed by atoms with Gasteiger partial charge in [-0.25, -0.2) is 4.79 Å². The third-order valence-electron chi connectivity index (χ3n) is 9.10. The van der Waals surface area contributed by atoms with Crippen molar-refractivity contribution in [2.75, 3.05) is 26.2 Å². The number of carbonyl (C=O) groups is 10. The zero-order valence-electron chi connectivity index (χ0n) is 33.8. The van der Waals surface area contributed by atoms with Crippen LogP contribution >= 0.6 is 0 Å². The van der Waals surface area contributed by atoms with Gasteiger partial charge >= 0.3 is 17.9 Å². The van der Waals surface area contributed by atoms with Crippen LogP contribution in [0.1, 0.15) is 70.6 Å². The number of guanidine groups is 2. The Morgan fingerprint density at radius 1 is 0.613 bits per heavy atom. The summed E-state index contributed by atoms with van der Waals surface area (Å²) < 4.78 is 0. The zero-order chi connectivity index (χ0) is 47.1. The molecule has 7 atom stereocenters. The number of aliphatic hydroxyl groups excluding tert-OH is 1. The monoisotopic (exact) mass is 886 g/mol. The summed E-state index contributed by atoms with van der Waals surface area (Å²) in [5.74, 6) is -11.9. The van der Waals surface area contributed by atoms with Crippen molar-refractivity contribution in [1.29, 1.82) is 0 Å². The molecule has 1 aliphatic heterocycles. The number of aliphatic carboxylic acids is 3. The van der Waals surface area contributed by atoms with Gasteiger partial charge in [-0.05, 0) is 51.4 Å². The Kier molecular flexibility index (Phi) is 23.2. The summed E-state index contributed by atoms with van der Waals surface area (Å²) in [5, 5.41) is 48.3. The minimum Gasteiger partial charge on any atom is -0.481 e. The summed E-state index contributed by atoms with van der Waals surface area (Å²) in [5.41, 5.74) is 32.7. The second kappa shape index (κ2) is 27.1. The van der Waals surface area contributed by atoms with Crippen molar-refractivity contribution in [1.82, 2.24) is 31.5 Å². The number of aliphatic hydroxyl groups is 1. The smallest absolute Gasteiger partial charge is 0.328 e. The van der Waals surface area contributed by atoms with Crippen molar-refractivity contribution < 1.29 is 68.4 Å². The van der Waals surface area contributed by atoms with Crippen LogP contribution in [0.2, 0.25) is 0 Å². The molecule has 1 aliphatic rings. The minimum atomic E-state index is -1.84. The summed E-state index contributed by atoms with van der Waals surface area (Å²) in [6, 6.07) is -10.7. The molecule has 0 aromatic heterocycles. The number of nitrogens with two attached hydrogens (primary N) is 6. The van der Waals surface area contributed by atoms with E-state index in [2.05, 4.69) is 36.6 Å². The van der Waals surface area contributed by atoms with E-state index in [-0.39, 0.29) is 70.1 Å².